The van der Waals surface area contributed by atoms with Gasteiger partial charge in [-0.15, -0.1) is 0 Å². The van der Waals surface area contributed by atoms with Gasteiger partial charge in [0.15, 0.2) is 4.99 Å². The van der Waals surface area contributed by atoms with Crippen LogP contribution in [-0.2, 0) is 19.1 Å². The number of rotatable bonds is 5. The van der Waals surface area contributed by atoms with E-state index in [-0.39, 0.29) is 30.1 Å². The number of amides is 3. The molecular formula is C21H29ClN4O5S. The third kappa shape index (κ3) is 8.25. The molecule has 1 heterocycles. The van der Waals surface area contributed by atoms with Crippen molar-refractivity contribution in [3.05, 3.63) is 29.3 Å². The molecule has 0 spiro atoms. The number of nitrogens with zero attached hydrogens (tertiary/aromatic N) is 1. The Balaban J connectivity index is 2.05. The summed E-state index contributed by atoms with van der Waals surface area (Å²) in [6, 6.07) is 5.73. The molecule has 2 rings (SSSR count). The molecule has 0 bridgehead atoms. The summed E-state index contributed by atoms with van der Waals surface area (Å²) >= 11 is 11.1. The lowest BCUT2D eigenvalue weighted by molar-refractivity contribution is -0.136. The van der Waals surface area contributed by atoms with E-state index in [1.807, 2.05) is 0 Å². The number of likely N-dealkylation sites (tertiary alicyclic amines) is 1. The second kappa shape index (κ2) is 11.4. The van der Waals surface area contributed by atoms with Gasteiger partial charge >= 0.3 is 6.09 Å². The molecule has 1 saturated heterocycles. The zero-order valence-corrected chi connectivity index (χ0v) is 20.1. The van der Waals surface area contributed by atoms with Crippen LogP contribution >= 0.6 is 23.8 Å². The molecule has 1 aliphatic heterocycles. The number of alkyl carbamates (subject to hydrolysis) is 1. The number of nitrogens with one attached hydrogen (secondary N) is 3. The lowest BCUT2D eigenvalue weighted by atomic mass is 9.99. The van der Waals surface area contributed by atoms with Crippen molar-refractivity contribution in [2.45, 2.75) is 44.9 Å². The fraction of sp³-hybridized carbons (Fsp3) is 0.524. The molecule has 0 radical (unpaired) electrons. The van der Waals surface area contributed by atoms with Crippen molar-refractivity contribution < 1.29 is 23.9 Å². The highest BCUT2D eigenvalue weighted by Gasteiger charge is 2.34. The topological polar surface area (TPSA) is 109 Å². The van der Waals surface area contributed by atoms with Crippen LogP contribution in [0.3, 0.4) is 0 Å². The number of carbonyl (C=O) groups excluding carboxylic acids is 3. The smallest absolute Gasteiger partial charge is 0.408 e. The van der Waals surface area contributed by atoms with Crippen molar-refractivity contribution in [2.75, 3.05) is 32.1 Å². The summed E-state index contributed by atoms with van der Waals surface area (Å²) in [5.74, 6) is -0.679. The van der Waals surface area contributed by atoms with Gasteiger partial charge in [0.2, 0.25) is 5.91 Å². The van der Waals surface area contributed by atoms with Gasteiger partial charge < -0.3 is 30.3 Å². The van der Waals surface area contributed by atoms with Crippen molar-refractivity contribution in [3.63, 3.8) is 0 Å². The standard InChI is InChI=1S/C21H29ClN4O5S/c1-21(2,3)31-20(29)25-16-11-26(17(27)12-30-4)10-9-15(16)24-19(32)18(28)23-14-7-5-13(22)6-8-14/h5-8,15-16H,9-12H2,1-4H3,(H,23,28)(H,24,32)(H,25,29). The number of carbonyl (C=O) groups is 3. The van der Waals surface area contributed by atoms with Crippen LogP contribution < -0.4 is 16.0 Å². The van der Waals surface area contributed by atoms with Crippen LogP contribution in [0.15, 0.2) is 24.3 Å². The molecule has 3 amide bonds. The number of anilines is 1. The Labute approximate surface area is 198 Å². The largest absolute Gasteiger partial charge is 0.444 e. The number of piperidine rings is 1. The average molecular weight is 485 g/mol. The van der Waals surface area contributed by atoms with Crippen molar-refractivity contribution in [3.8, 4) is 0 Å². The maximum Gasteiger partial charge on any atom is 0.408 e. The van der Waals surface area contributed by atoms with Crippen LogP contribution in [0, 0.1) is 0 Å². The van der Waals surface area contributed by atoms with Crippen LogP contribution in [0.4, 0.5) is 10.5 Å². The van der Waals surface area contributed by atoms with Crippen molar-refractivity contribution >= 4 is 52.4 Å². The maximum atomic E-state index is 12.5. The van der Waals surface area contributed by atoms with Crippen LogP contribution in [0.2, 0.25) is 5.02 Å². The molecule has 9 nitrogen and oxygen atoms in total. The second-order valence-corrected chi connectivity index (χ2v) is 9.20. The molecule has 32 heavy (non-hydrogen) atoms. The van der Waals surface area contributed by atoms with Gasteiger partial charge in [0.1, 0.15) is 12.2 Å². The molecule has 1 aromatic rings. The normalized spacial score (nSPS) is 18.5. The fourth-order valence-corrected chi connectivity index (χ4v) is 3.45. The van der Waals surface area contributed by atoms with E-state index in [2.05, 4.69) is 16.0 Å². The van der Waals surface area contributed by atoms with Gasteiger partial charge in [0, 0.05) is 30.9 Å². The molecule has 1 fully saturated rings. The third-order valence-electron chi connectivity index (χ3n) is 4.56. The first kappa shape index (κ1) is 25.8. The first-order chi connectivity index (χ1) is 15.0. The SMILES string of the molecule is COCC(=O)N1CCC(NC(=S)C(=O)Nc2ccc(Cl)cc2)C(NC(=O)OC(C)(C)C)C1. The number of halogens is 1. The summed E-state index contributed by atoms with van der Waals surface area (Å²) < 4.78 is 10.3. The van der Waals surface area contributed by atoms with E-state index in [0.717, 1.165) is 0 Å². The number of methoxy groups -OCH3 is 1. The zero-order valence-electron chi connectivity index (χ0n) is 18.6. The lowest BCUT2D eigenvalue weighted by Gasteiger charge is -2.39. The van der Waals surface area contributed by atoms with Gasteiger partial charge in [-0.05, 0) is 51.5 Å². The number of hydrogen-bond acceptors (Lipinski definition) is 6. The minimum absolute atomic E-state index is 0.0300. The van der Waals surface area contributed by atoms with Gasteiger partial charge in [0.05, 0.1) is 12.1 Å². The summed E-state index contributed by atoms with van der Waals surface area (Å²) in [6.07, 6.45) is -0.156. The molecule has 1 aromatic carbocycles. The molecule has 0 aliphatic carbocycles. The highest BCUT2D eigenvalue weighted by atomic mass is 35.5. The van der Waals surface area contributed by atoms with E-state index in [1.54, 1.807) is 49.9 Å². The highest BCUT2D eigenvalue weighted by Crippen LogP contribution is 2.16. The number of thiocarbonyl (C=S) groups is 1. The molecule has 0 saturated carbocycles. The third-order valence-corrected chi connectivity index (χ3v) is 5.12. The molecule has 2 unspecified atom stereocenters. The fourth-order valence-electron chi connectivity index (χ4n) is 3.13. The van der Waals surface area contributed by atoms with Crippen molar-refractivity contribution in [1.29, 1.82) is 0 Å². The molecule has 1 aliphatic rings. The summed E-state index contributed by atoms with van der Waals surface area (Å²) in [5, 5.41) is 9.05. The van der Waals surface area contributed by atoms with Crippen LogP contribution in [0.25, 0.3) is 0 Å². The van der Waals surface area contributed by atoms with E-state index in [4.69, 9.17) is 33.3 Å². The van der Waals surface area contributed by atoms with Gasteiger partial charge in [0.25, 0.3) is 5.91 Å². The van der Waals surface area contributed by atoms with E-state index < -0.39 is 23.6 Å². The van der Waals surface area contributed by atoms with Crippen molar-refractivity contribution in [1.82, 2.24) is 15.5 Å². The van der Waals surface area contributed by atoms with Gasteiger partial charge in [-0.2, -0.15) is 0 Å². The number of hydrogen-bond donors (Lipinski definition) is 3. The molecular weight excluding hydrogens is 456 g/mol. The van der Waals surface area contributed by atoms with Crippen LogP contribution in [0.1, 0.15) is 27.2 Å². The Bertz CT molecular complexity index is 844. The van der Waals surface area contributed by atoms with Gasteiger partial charge in [-0.25, -0.2) is 4.79 Å². The quantitative estimate of drug-likeness (QED) is 0.550. The minimum atomic E-state index is -0.680. The number of ether oxygens (including phenoxy) is 2. The molecule has 3 N–H and O–H groups in total. The highest BCUT2D eigenvalue weighted by molar-refractivity contribution is 7.82. The molecule has 0 aromatic heterocycles. The number of benzene rings is 1. The zero-order chi connectivity index (χ0) is 23.9. The summed E-state index contributed by atoms with van der Waals surface area (Å²) in [7, 11) is 1.44. The Morgan fingerprint density at radius 3 is 2.41 bits per heavy atom. The van der Waals surface area contributed by atoms with E-state index >= 15 is 0 Å². The summed E-state index contributed by atoms with van der Waals surface area (Å²) in [6.45, 7) is 5.86. The predicted octanol–water partition coefficient (Wildman–Crippen LogP) is 2.34. The molecule has 2 atom stereocenters. The first-order valence-corrected chi connectivity index (χ1v) is 10.9. The minimum Gasteiger partial charge on any atom is -0.444 e. The lowest BCUT2D eigenvalue weighted by Crippen LogP contribution is -2.62. The van der Waals surface area contributed by atoms with Gasteiger partial charge in [-0.1, -0.05) is 23.8 Å². The molecule has 11 heteroatoms. The Hall–Kier alpha value is -2.43. The van der Waals surface area contributed by atoms with E-state index in [0.29, 0.717) is 23.7 Å². The Kier molecular flexibility index (Phi) is 9.23. The average Bonchev–Trinajstić information content (AvgIpc) is 2.69. The predicted molar refractivity (Wildman–Crippen MR) is 126 cm³/mol. The Morgan fingerprint density at radius 1 is 1.16 bits per heavy atom. The Morgan fingerprint density at radius 2 is 1.81 bits per heavy atom. The van der Waals surface area contributed by atoms with Crippen LogP contribution in [0.5, 0.6) is 0 Å². The monoisotopic (exact) mass is 484 g/mol. The van der Waals surface area contributed by atoms with Crippen molar-refractivity contribution in [2.24, 2.45) is 0 Å². The van der Waals surface area contributed by atoms with Gasteiger partial charge in [-0.3, -0.25) is 9.59 Å². The second-order valence-electron chi connectivity index (χ2n) is 8.36. The maximum absolute atomic E-state index is 12.5. The summed E-state index contributed by atoms with van der Waals surface area (Å²) in [4.78, 5) is 38.7. The molecule has 176 valence electrons. The first-order valence-electron chi connectivity index (χ1n) is 10.1. The van der Waals surface area contributed by atoms with E-state index in [9.17, 15) is 14.4 Å². The van der Waals surface area contributed by atoms with E-state index in [1.165, 1.54) is 7.11 Å². The van der Waals surface area contributed by atoms with Crippen LogP contribution in [-0.4, -0.2) is 72.3 Å². The summed E-state index contributed by atoms with van der Waals surface area (Å²) in [5.41, 5.74) is -0.131.